The molecule has 1 saturated heterocycles. The fraction of sp³-hybridized carbons (Fsp3) is 0.500. The second-order valence-electron chi connectivity index (χ2n) is 6.28. The molecule has 1 aliphatic rings. The number of halogens is 1. The van der Waals surface area contributed by atoms with Gasteiger partial charge in [-0.3, -0.25) is 9.48 Å². The average molecular weight is 349 g/mol. The Labute approximate surface area is 146 Å². The van der Waals surface area contributed by atoms with Gasteiger partial charge in [-0.05, 0) is 24.8 Å². The van der Waals surface area contributed by atoms with E-state index in [9.17, 15) is 4.79 Å². The van der Waals surface area contributed by atoms with Crippen molar-refractivity contribution in [2.24, 2.45) is 5.92 Å². The van der Waals surface area contributed by atoms with Gasteiger partial charge in [-0.1, -0.05) is 16.8 Å². The Balaban J connectivity index is 1.63. The van der Waals surface area contributed by atoms with Gasteiger partial charge in [0.05, 0.1) is 16.8 Å². The molecule has 0 atom stereocenters. The zero-order valence-electron chi connectivity index (χ0n) is 13.9. The maximum atomic E-state index is 12.0. The lowest BCUT2D eigenvalue weighted by Crippen LogP contribution is -2.36. The fourth-order valence-electron chi connectivity index (χ4n) is 2.96. The number of nitrogens with zero attached hydrogens (tertiary/aromatic N) is 6. The van der Waals surface area contributed by atoms with Gasteiger partial charge in [-0.15, -0.1) is 5.10 Å². The van der Waals surface area contributed by atoms with Crippen molar-refractivity contribution in [3.05, 3.63) is 35.2 Å². The normalized spacial score (nSPS) is 15.5. The topological polar surface area (TPSA) is 67.2 Å². The number of pyridine rings is 1. The van der Waals surface area contributed by atoms with Crippen molar-refractivity contribution in [1.29, 1.82) is 0 Å². The summed E-state index contributed by atoms with van der Waals surface area (Å²) in [6.45, 7) is 2.69. The molecule has 0 aromatic carbocycles. The lowest BCUT2D eigenvalue weighted by Gasteiger charge is -2.33. The van der Waals surface area contributed by atoms with E-state index < -0.39 is 0 Å². The van der Waals surface area contributed by atoms with Gasteiger partial charge < -0.3 is 9.80 Å². The number of anilines is 1. The van der Waals surface area contributed by atoms with E-state index >= 15 is 0 Å². The van der Waals surface area contributed by atoms with Crippen LogP contribution in [0.15, 0.2) is 24.7 Å². The number of hydrogen-bond acceptors (Lipinski definition) is 5. The van der Waals surface area contributed by atoms with Crippen LogP contribution in [-0.2, 0) is 6.54 Å². The highest BCUT2D eigenvalue weighted by molar-refractivity contribution is 6.33. The third-order valence-electron chi connectivity index (χ3n) is 4.31. The van der Waals surface area contributed by atoms with Gasteiger partial charge in [0.1, 0.15) is 5.82 Å². The first kappa shape index (κ1) is 16.7. The largest absolute Gasteiger partial charge is 0.355 e. The molecule has 1 fully saturated rings. The monoisotopic (exact) mass is 348 g/mol. The highest BCUT2D eigenvalue weighted by Crippen LogP contribution is 2.29. The molecule has 0 saturated carbocycles. The first-order chi connectivity index (χ1) is 11.5. The fourth-order valence-corrected chi connectivity index (χ4v) is 3.25. The third kappa shape index (κ3) is 3.67. The Morgan fingerprint density at radius 3 is 2.71 bits per heavy atom. The van der Waals surface area contributed by atoms with E-state index in [-0.39, 0.29) is 5.91 Å². The van der Waals surface area contributed by atoms with E-state index in [1.807, 2.05) is 10.9 Å². The molecule has 0 radical (unpaired) electrons. The molecule has 0 bridgehead atoms. The maximum absolute atomic E-state index is 12.0. The highest BCUT2D eigenvalue weighted by Gasteiger charge is 2.23. The quantitative estimate of drug-likeness (QED) is 0.844. The van der Waals surface area contributed by atoms with Gasteiger partial charge in [0.2, 0.25) is 0 Å². The molecule has 8 heteroatoms. The molecule has 2 aromatic rings. The summed E-state index contributed by atoms with van der Waals surface area (Å²) in [6.07, 6.45) is 7.30. The van der Waals surface area contributed by atoms with Crippen molar-refractivity contribution in [3.8, 4) is 0 Å². The second-order valence-corrected chi connectivity index (χ2v) is 6.69. The predicted molar refractivity (Wildman–Crippen MR) is 92.2 cm³/mol. The van der Waals surface area contributed by atoms with E-state index in [1.54, 1.807) is 32.6 Å². The molecule has 0 aliphatic carbocycles. The van der Waals surface area contributed by atoms with E-state index in [1.165, 1.54) is 4.90 Å². The van der Waals surface area contributed by atoms with E-state index in [2.05, 4.69) is 20.2 Å². The average Bonchev–Trinajstić information content (AvgIpc) is 3.08. The van der Waals surface area contributed by atoms with Crippen LogP contribution in [0.1, 0.15) is 23.2 Å². The molecule has 3 heterocycles. The Bertz CT molecular complexity index is 695. The highest BCUT2D eigenvalue weighted by atomic mass is 35.5. The molecular formula is C16H21ClN6O. The summed E-state index contributed by atoms with van der Waals surface area (Å²) in [4.78, 5) is 20.1. The van der Waals surface area contributed by atoms with Crippen molar-refractivity contribution in [1.82, 2.24) is 24.9 Å². The van der Waals surface area contributed by atoms with Gasteiger partial charge in [0.25, 0.3) is 5.91 Å². The molecule has 24 heavy (non-hydrogen) atoms. The van der Waals surface area contributed by atoms with Gasteiger partial charge >= 0.3 is 0 Å². The second kappa shape index (κ2) is 7.17. The molecule has 7 nitrogen and oxygen atoms in total. The maximum Gasteiger partial charge on any atom is 0.254 e. The van der Waals surface area contributed by atoms with Crippen LogP contribution in [0, 0.1) is 5.92 Å². The zero-order chi connectivity index (χ0) is 17.1. The van der Waals surface area contributed by atoms with Crippen LogP contribution in [0.4, 0.5) is 5.82 Å². The molecule has 128 valence electrons. The van der Waals surface area contributed by atoms with E-state index in [0.717, 1.165) is 38.3 Å². The molecule has 2 aromatic heterocycles. The van der Waals surface area contributed by atoms with Crippen molar-refractivity contribution in [2.45, 2.75) is 19.4 Å². The smallest absolute Gasteiger partial charge is 0.254 e. The van der Waals surface area contributed by atoms with Gasteiger partial charge in [0, 0.05) is 46.1 Å². The number of rotatable bonds is 4. The summed E-state index contributed by atoms with van der Waals surface area (Å²) >= 11 is 6.37. The molecule has 1 amide bonds. The molecule has 1 aliphatic heterocycles. The molecule has 3 rings (SSSR count). The minimum Gasteiger partial charge on any atom is -0.355 e. The predicted octanol–water partition coefficient (Wildman–Crippen LogP) is 1.94. The number of carbonyl (C=O) groups is 1. The van der Waals surface area contributed by atoms with Crippen LogP contribution < -0.4 is 4.90 Å². The first-order valence-corrected chi connectivity index (χ1v) is 8.38. The number of aromatic nitrogens is 4. The standard InChI is InChI=1S/C16H21ClN6O/c1-21(2)16(24)13-9-14(17)15(18-10-13)22-6-3-12(4-7-22)11-23-8-5-19-20-23/h5,8-10,12H,3-4,6-7,11H2,1-2H3. The van der Waals surface area contributed by atoms with Crippen LogP contribution in [0.2, 0.25) is 5.02 Å². The summed E-state index contributed by atoms with van der Waals surface area (Å²) in [5.41, 5.74) is 0.509. The van der Waals surface area contributed by atoms with Crippen LogP contribution >= 0.6 is 11.6 Å². The van der Waals surface area contributed by atoms with Crippen molar-refractivity contribution in [3.63, 3.8) is 0 Å². The summed E-state index contributed by atoms with van der Waals surface area (Å²) in [5, 5.41) is 8.39. The van der Waals surface area contributed by atoms with Gasteiger partial charge in [0.15, 0.2) is 0 Å². The summed E-state index contributed by atoms with van der Waals surface area (Å²) in [6, 6.07) is 1.70. The Kier molecular flexibility index (Phi) is 4.99. The lowest BCUT2D eigenvalue weighted by molar-refractivity contribution is 0.0827. The third-order valence-corrected chi connectivity index (χ3v) is 4.58. The van der Waals surface area contributed by atoms with Crippen LogP contribution in [0.25, 0.3) is 0 Å². The van der Waals surface area contributed by atoms with E-state index in [0.29, 0.717) is 16.5 Å². The Hall–Kier alpha value is -2.15. The number of piperidine rings is 1. The molecule has 0 N–H and O–H groups in total. The molecular weight excluding hydrogens is 328 g/mol. The van der Waals surface area contributed by atoms with E-state index in [4.69, 9.17) is 11.6 Å². The zero-order valence-corrected chi connectivity index (χ0v) is 14.6. The molecule has 0 unspecified atom stereocenters. The summed E-state index contributed by atoms with van der Waals surface area (Å²) < 4.78 is 1.88. The minimum atomic E-state index is -0.0949. The SMILES string of the molecule is CN(C)C(=O)c1cnc(N2CCC(Cn3ccnn3)CC2)c(Cl)c1. The van der Waals surface area contributed by atoms with Crippen LogP contribution in [-0.4, -0.2) is 58.0 Å². The van der Waals surface area contributed by atoms with Crippen molar-refractivity contribution >= 4 is 23.3 Å². The van der Waals surface area contributed by atoms with Crippen LogP contribution in [0.3, 0.4) is 0 Å². The van der Waals surface area contributed by atoms with Crippen LogP contribution in [0.5, 0.6) is 0 Å². The van der Waals surface area contributed by atoms with Crippen molar-refractivity contribution in [2.75, 3.05) is 32.1 Å². The number of amides is 1. The first-order valence-electron chi connectivity index (χ1n) is 8.01. The summed E-state index contributed by atoms with van der Waals surface area (Å²) in [7, 11) is 3.42. The number of hydrogen-bond donors (Lipinski definition) is 0. The number of carbonyl (C=O) groups excluding carboxylic acids is 1. The lowest BCUT2D eigenvalue weighted by atomic mass is 9.97. The molecule has 0 spiro atoms. The summed E-state index contributed by atoms with van der Waals surface area (Å²) in [5.74, 6) is 1.24. The minimum absolute atomic E-state index is 0.0949. The van der Waals surface area contributed by atoms with Gasteiger partial charge in [-0.25, -0.2) is 4.98 Å². The Morgan fingerprint density at radius 1 is 1.38 bits per heavy atom. The van der Waals surface area contributed by atoms with Crippen molar-refractivity contribution < 1.29 is 4.79 Å². The van der Waals surface area contributed by atoms with Gasteiger partial charge in [-0.2, -0.15) is 0 Å². The Morgan fingerprint density at radius 2 is 2.12 bits per heavy atom.